The molecule has 2 aromatic carbocycles. The highest BCUT2D eigenvalue weighted by Crippen LogP contribution is 2.55. The number of hydrogen-bond acceptors (Lipinski definition) is 16. The van der Waals surface area contributed by atoms with Crippen molar-refractivity contribution in [2.75, 3.05) is 20.3 Å². The summed E-state index contributed by atoms with van der Waals surface area (Å²) in [6.07, 6.45) is -3.02. The molecular weight excluding hydrogens is 1300 g/mol. The Balaban J connectivity index is 1.02. The zero-order chi connectivity index (χ0) is 66.9. The predicted molar refractivity (Wildman–Crippen MR) is 369 cm³/mol. The van der Waals surface area contributed by atoms with E-state index in [0.717, 1.165) is 43.0 Å². The summed E-state index contributed by atoms with van der Waals surface area (Å²) in [5.41, 5.74) is 1.40. The molecule has 8 saturated heterocycles. The quantitative estimate of drug-likeness (QED) is 0.0325. The lowest BCUT2D eigenvalue weighted by atomic mass is 9.81. The van der Waals surface area contributed by atoms with Crippen LogP contribution in [0.2, 0.25) is 54.4 Å². The SMILES string of the molecule is C=C(Br)C[C@@H](CC[C@@]12C[C@H]3O[C@H]4[C@@H](O1)[C@H]1O[C@@H](CC(O)C([C@@H]5[C@@H](OC)[C@@H](C[C@@H](CO[Si](C)(C)C(C)(C)C)O[Si](C)(C)C(C)(C)C)O[C@H]5C[C@H]5O[C@@H](CCCO[Si](CC)(CC)CC)C[C@@H](C)C5=C)S(=O)(=O)c5ccccc5)CC[C@@H]1O[C@H]4[C@H]3O2)OC(=O)c1ccccc1. The average Bonchev–Trinajstić information content (AvgIpc) is 1.54. The molecule has 0 amide bonds. The maximum Gasteiger partial charge on any atom is 0.338 e. The number of methoxy groups -OCH3 is 1. The third-order valence-electron chi connectivity index (χ3n) is 22.8. The molecular formula is C71H113BrO16SSi3. The summed E-state index contributed by atoms with van der Waals surface area (Å²) in [6.45, 7) is 41.1. The minimum atomic E-state index is -4.38. The Morgan fingerprint density at radius 3 is 2.03 bits per heavy atom. The fourth-order valence-electron chi connectivity index (χ4n) is 15.1. The van der Waals surface area contributed by atoms with E-state index in [0.29, 0.717) is 74.6 Å². The van der Waals surface area contributed by atoms with Crippen LogP contribution in [-0.4, -0.2) is 173 Å². The number of aliphatic hydroxyl groups excluding tert-OH is 1. The predicted octanol–water partition coefficient (Wildman–Crippen LogP) is 14.6. The van der Waals surface area contributed by atoms with E-state index >= 15 is 8.42 Å². The zero-order valence-corrected chi connectivity index (χ0v) is 63.4. The van der Waals surface area contributed by atoms with E-state index in [2.05, 4.69) is 125 Å². The van der Waals surface area contributed by atoms with Gasteiger partial charge in [-0.05, 0) is 133 Å². The van der Waals surface area contributed by atoms with Gasteiger partial charge in [0.1, 0.15) is 36.6 Å². The van der Waals surface area contributed by atoms with E-state index < -0.39 is 125 Å². The van der Waals surface area contributed by atoms with Gasteiger partial charge in [-0.2, -0.15) is 0 Å². The summed E-state index contributed by atoms with van der Waals surface area (Å²) >= 11 is 3.51. The van der Waals surface area contributed by atoms with Crippen molar-refractivity contribution in [2.45, 2.75) is 314 Å². The maximum atomic E-state index is 16.0. The smallest absolute Gasteiger partial charge is 0.338 e. The van der Waals surface area contributed by atoms with Gasteiger partial charge in [-0.15, -0.1) is 0 Å². The minimum Gasteiger partial charge on any atom is -0.458 e. The van der Waals surface area contributed by atoms with Crippen LogP contribution < -0.4 is 0 Å². The third kappa shape index (κ3) is 16.6. The summed E-state index contributed by atoms with van der Waals surface area (Å²) in [5.74, 6) is -2.28. The van der Waals surface area contributed by atoms with Gasteiger partial charge in [0.15, 0.2) is 40.6 Å². The molecule has 92 heavy (non-hydrogen) atoms. The van der Waals surface area contributed by atoms with Gasteiger partial charge < -0.3 is 61.0 Å². The van der Waals surface area contributed by atoms with Crippen molar-refractivity contribution < 1.29 is 74.2 Å². The van der Waals surface area contributed by atoms with Crippen molar-refractivity contribution in [2.24, 2.45) is 11.8 Å². The monoisotopic (exact) mass is 1420 g/mol. The number of fused-ring (bicyclic) bond motifs is 1. The number of benzene rings is 2. The number of sulfone groups is 1. The van der Waals surface area contributed by atoms with Crippen molar-refractivity contribution in [1.82, 2.24) is 0 Å². The molecule has 2 unspecified atom stereocenters. The first-order chi connectivity index (χ1) is 43.3. The number of hydrogen-bond donors (Lipinski definition) is 1. The van der Waals surface area contributed by atoms with Crippen LogP contribution in [0.1, 0.15) is 157 Å². The van der Waals surface area contributed by atoms with Crippen molar-refractivity contribution in [1.29, 1.82) is 0 Å². The van der Waals surface area contributed by atoms with E-state index in [1.165, 1.54) is 0 Å². The molecule has 8 aliphatic heterocycles. The zero-order valence-electron chi connectivity index (χ0n) is 58.0. The molecule has 0 radical (unpaired) electrons. The Hall–Kier alpha value is -2.01. The van der Waals surface area contributed by atoms with Crippen LogP contribution in [0.3, 0.4) is 0 Å². The van der Waals surface area contributed by atoms with Gasteiger partial charge in [0.25, 0.3) is 0 Å². The van der Waals surface area contributed by atoms with Crippen LogP contribution in [-0.2, 0) is 65.7 Å². The van der Waals surface area contributed by atoms with Gasteiger partial charge >= 0.3 is 5.97 Å². The number of carbonyl (C=O) groups excluding carboxylic acids is 1. The summed E-state index contributed by atoms with van der Waals surface area (Å²) in [5, 5.41) is 11.8. The van der Waals surface area contributed by atoms with E-state index in [1.54, 1.807) is 61.7 Å². The molecule has 16 nitrogen and oxygen atoms in total. The second-order valence-electron chi connectivity index (χ2n) is 30.9. The molecule has 8 aliphatic rings. The first-order valence-electron chi connectivity index (χ1n) is 34.6. The highest BCUT2D eigenvalue weighted by Gasteiger charge is 2.69. The van der Waals surface area contributed by atoms with Crippen LogP contribution in [0, 0.1) is 11.8 Å². The molecule has 20 atom stereocenters. The van der Waals surface area contributed by atoms with Crippen LogP contribution >= 0.6 is 15.9 Å². The fourth-order valence-corrected chi connectivity index (χ4v) is 22.7. The van der Waals surface area contributed by atoms with Crippen molar-refractivity contribution >= 4 is 56.7 Å². The summed E-state index contributed by atoms with van der Waals surface area (Å²) in [4.78, 5) is 13.5. The first-order valence-corrected chi connectivity index (χ1v) is 45.3. The number of esters is 1. The van der Waals surface area contributed by atoms with Crippen molar-refractivity contribution in [3.8, 4) is 0 Å². The number of rotatable bonds is 31. The molecule has 10 rings (SSSR count). The Morgan fingerprint density at radius 1 is 0.772 bits per heavy atom. The fraction of sp³-hybridized carbons (Fsp3) is 0.761. The molecule has 21 heteroatoms. The van der Waals surface area contributed by atoms with Gasteiger partial charge in [-0.1, -0.05) is 135 Å². The molecule has 8 fully saturated rings. The molecule has 0 aromatic heterocycles. The highest BCUT2D eigenvalue weighted by molar-refractivity contribution is 9.11. The van der Waals surface area contributed by atoms with Crippen LogP contribution in [0.15, 0.2) is 88.8 Å². The molecule has 0 saturated carbocycles. The lowest BCUT2D eigenvalue weighted by Gasteiger charge is -2.48. The number of ether oxygens (including phenoxy) is 9. The summed E-state index contributed by atoms with van der Waals surface area (Å²) < 4.78 is 116. The lowest BCUT2D eigenvalue weighted by Crippen LogP contribution is -2.62. The van der Waals surface area contributed by atoms with E-state index in [1.807, 2.05) is 6.07 Å². The number of carbonyl (C=O) groups is 1. The second kappa shape index (κ2) is 30.2. The Bertz CT molecular complexity index is 2880. The standard InChI is InChI=1S/C71H113BrO16SSi3/c1-18-92(19-2,20-3)78-37-27-30-49-38-45(4)47(6)56(80-49)42-57-60(61(77-13)58(83-57)41-52(88-91(16,17)70(10,11)12)44-79-90(14,15)69(7,8)9)67(89(75,76)53-31-25-22-26-32-53)54(73)40-50-33-34-55-62(81-50)66-65-64(84-55)63-59(85-65)43-71(86-63,87-66)36-35-51(39-46(5)72)82-68(74)48-28-23-21-24-29-48/h21-26,28-29,31-32,45,49-52,54-67,73H,5-6,18-20,27,30,33-44H2,1-4,7-17H3/t45-,49+,50-,51-,52+,54?,55+,56-,57+,58-,59-,60+,61+,62+,63+,64+,65-,66+,67?,71+/m1/s1. The molecule has 518 valence electrons. The molecule has 0 aliphatic carbocycles. The first kappa shape index (κ1) is 74.2. The topological polar surface area (TPSA) is 182 Å². The van der Waals surface area contributed by atoms with Crippen LogP contribution in [0.4, 0.5) is 0 Å². The molecule has 2 aromatic rings. The Labute approximate surface area is 563 Å². The Kier molecular flexibility index (Phi) is 24.4. The number of aliphatic hydroxyl groups is 1. The van der Waals surface area contributed by atoms with Crippen molar-refractivity contribution in [3.63, 3.8) is 0 Å². The van der Waals surface area contributed by atoms with Crippen LogP contribution in [0.25, 0.3) is 0 Å². The van der Waals surface area contributed by atoms with Gasteiger partial charge in [0, 0.05) is 58.2 Å². The Morgan fingerprint density at radius 2 is 1.40 bits per heavy atom. The van der Waals surface area contributed by atoms with Gasteiger partial charge in [-0.3, -0.25) is 0 Å². The van der Waals surface area contributed by atoms with E-state index in [4.69, 9.17) is 55.9 Å². The largest absolute Gasteiger partial charge is 0.458 e. The van der Waals surface area contributed by atoms with Gasteiger partial charge in [-0.25, -0.2) is 13.2 Å². The summed E-state index contributed by atoms with van der Waals surface area (Å²) in [6, 6.07) is 20.7. The normalized spacial score (nSPS) is 33.1. The molecule has 8 heterocycles. The second-order valence-corrected chi connectivity index (χ2v) is 48.4. The van der Waals surface area contributed by atoms with E-state index in [9.17, 15) is 9.90 Å². The summed E-state index contributed by atoms with van der Waals surface area (Å²) in [7, 11) is -9.26. The van der Waals surface area contributed by atoms with Gasteiger partial charge in [0.05, 0.1) is 83.4 Å². The van der Waals surface area contributed by atoms with Gasteiger partial charge in [0.2, 0.25) is 0 Å². The number of halogens is 1. The molecule has 0 spiro atoms. The average molecular weight is 1420 g/mol. The van der Waals surface area contributed by atoms with E-state index in [-0.39, 0.29) is 57.8 Å². The lowest BCUT2D eigenvalue weighted by molar-refractivity contribution is -0.293. The van der Waals surface area contributed by atoms with Crippen LogP contribution in [0.5, 0.6) is 0 Å². The molecule has 1 N–H and O–H groups in total. The molecule has 6 bridgehead atoms. The maximum absolute atomic E-state index is 16.0. The highest BCUT2D eigenvalue weighted by atomic mass is 79.9. The van der Waals surface area contributed by atoms with Crippen molar-refractivity contribution in [3.05, 3.63) is 89.4 Å². The third-order valence-corrected chi connectivity index (χ3v) is 39.1. The minimum absolute atomic E-state index is 0.0206.